The number of benzene rings is 1. The number of amides is 3. The maximum absolute atomic E-state index is 13.8. The lowest BCUT2D eigenvalue weighted by Crippen LogP contribution is -2.55. The van der Waals surface area contributed by atoms with Crippen LogP contribution in [0.2, 0.25) is 0 Å². The number of aliphatic hydroxyl groups is 1. The average Bonchev–Trinajstić information content (AvgIpc) is 3.30. The van der Waals surface area contributed by atoms with Gasteiger partial charge in [0.25, 0.3) is 10.1 Å². The van der Waals surface area contributed by atoms with Crippen molar-refractivity contribution in [3.8, 4) is 0 Å². The first-order chi connectivity index (χ1) is 19.2. The molecule has 0 aromatic heterocycles. The molecule has 14 heteroatoms. The van der Waals surface area contributed by atoms with Crippen LogP contribution in [0, 0.1) is 17.8 Å². The van der Waals surface area contributed by atoms with Gasteiger partial charge in [-0.15, -0.1) is 0 Å². The molecule has 3 unspecified atom stereocenters. The van der Waals surface area contributed by atoms with Crippen molar-refractivity contribution in [3.05, 3.63) is 35.9 Å². The number of carbonyl (C=O) groups excluding carboxylic acids is 3. The van der Waals surface area contributed by atoms with Crippen molar-refractivity contribution in [2.24, 2.45) is 17.8 Å². The smallest absolute Gasteiger partial charge is 0.408 e. The molecule has 5 N–H and O–H groups in total. The van der Waals surface area contributed by atoms with Gasteiger partial charge in [0, 0.05) is 31.2 Å². The second-order valence-electron chi connectivity index (χ2n) is 11.3. The quantitative estimate of drug-likeness (QED) is 0.227. The van der Waals surface area contributed by atoms with Crippen LogP contribution in [0.4, 0.5) is 13.6 Å². The molecule has 1 aromatic carbocycles. The largest absolute Gasteiger partial charge is 0.441 e. The summed E-state index contributed by atoms with van der Waals surface area (Å²) < 4.78 is 66.2. The molecule has 1 aromatic rings. The predicted molar refractivity (Wildman–Crippen MR) is 144 cm³/mol. The predicted octanol–water partition coefficient (Wildman–Crippen LogP) is 2.91. The van der Waals surface area contributed by atoms with Crippen LogP contribution in [0.1, 0.15) is 70.5 Å². The fourth-order valence-electron chi connectivity index (χ4n) is 5.35. The maximum atomic E-state index is 13.8. The van der Waals surface area contributed by atoms with E-state index in [1.54, 1.807) is 44.2 Å². The zero-order valence-corrected chi connectivity index (χ0v) is 23.9. The summed E-state index contributed by atoms with van der Waals surface area (Å²) >= 11 is 0. The molecular weight excluding hydrogens is 564 g/mol. The number of alkyl carbamates (subject to hydrolysis) is 1. The molecule has 41 heavy (non-hydrogen) atoms. The van der Waals surface area contributed by atoms with Crippen molar-refractivity contribution in [1.82, 2.24) is 16.0 Å². The van der Waals surface area contributed by atoms with Gasteiger partial charge in [0.05, 0.1) is 6.04 Å². The van der Waals surface area contributed by atoms with E-state index in [-0.39, 0.29) is 56.3 Å². The first-order valence-electron chi connectivity index (χ1n) is 13.8. The first kappa shape index (κ1) is 32.7. The molecule has 0 spiro atoms. The molecule has 2 aliphatic rings. The number of alkyl halides is 2. The van der Waals surface area contributed by atoms with Crippen LogP contribution < -0.4 is 16.0 Å². The number of rotatable bonds is 12. The summed E-state index contributed by atoms with van der Waals surface area (Å²) in [5.41, 5.74) is -1.78. The Morgan fingerprint density at radius 2 is 1.76 bits per heavy atom. The Morgan fingerprint density at radius 1 is 1.12 bits per heavy atom. The minimum atomic E-state index is -5.00. The summed E-state index contributed by atoms with van der Waals surface area (Å²) in [6, 6.07) is 5.92. The molecule has 0 bridgehead atoms. The first-order valence-corrected chi connectivity index (χ1v) is 15.3. The van der Waals surface area contributed by atoms with E-state index in [1.807, 2.05) is 0 Å². The number of carbonyl (C=O) groups is 3. The van der Waals surface area contributed by atoms with Gasteiger partial charge in [-0.3, -0.25) is 14.1 Å². The van der Waals surface area contributed by atoms with Crippen molar-refractivity contribution in [1.29, 1.82) is 0 Å². The zero-order chi connectivity index (χ0) is 30.4. The van der Waals surface area contributed by atoms with Gasteiger partial charge in [-0.2, -0.15) is 8.42 Å². The average molecular weight is 604 g/mol. The Balaban J connectivity index is 1.75. The molecule has 1 heterocycles. The Bertz CT molecular complexity index is 1160. The Morgan fingerprint density at radius 3 is 2.29 bits per heavy atom. The zero-order valence-electron chi connectivity index (χ0n) is 23.1. The molecule has 230 valence electrons. The van der Waals surface area contributed by atoms with Gasteiger partial charge in [-0.05, 0) is 43.6 Å². The summed E-state index contributed by atoms with van der Waals surface area (Å²) in [6.45, 7) is 3.92. The van der Waals surface area contributed by atoms with Gasteiger partial charge >= 0.3 is 6.09 Å². The van der Waals surface area contributed by atoms with Gasteiger partial charge < -0.3 is 25.8 Å². The second-order valence-corrected chi connectivity index (χ2v) is 12.8. The number of hydrogen-bond donors (Lipinski definition) is 5. The van der Waals surface area contributed by atoms with Crippen LogP contribution in [0.5, 0.6) is 0 Å². The third-order valence-corrected chi connectivity index (χ3v) is 8.48. The number of ether oxygens (including phenoxy) is 1. The van der Waals surface area contributed by atoms with E-state index >= 15 is 0 Å². The molecule has 0 radical (unpaired) electrons. The van der Waals surface area contributed by atoms with E-state index in [4.69, 9.17) is 4.74 Å². The highest BCUT2D eigenvalue weighted by atomic mass is 32.2. The van der Waals surface area contributed by atoms with Crippen molar-refractivity contribution < 1.29 is 46.0 Å². The third-order valence-electron chi connectivity index (χ3n) is 7.55. The van der Waals surface area contributed by atoms with Crippen LogP contribution in [0.25, 0.3) is 0 Å². The summed E-state index contributed by atoms with van der Waals surface area (Å²) in [5.74, 6) is -5.19. The van der Waals surface area contributed by atoms with Crippen molar-refractivity contribution in [2.45, 2.75) is 88.3 Å². The van der Waals surface area contributed by atoms with E-state index in [9.17, 15) is 41.2 Å². The highest BCUT2D eigenvalue weighted by molar-refractivity contribution is 7.86. The van der Waals surface area contributed by atoms with Crippen molar-refractivity contribution >= 4 is 28.0 Å². The fraction of sp³-hybridized carbons (Fsp3) is 0.667. The normalized spacial score (nSPS) is 22.3. The highest BCUT2D eigenvalue weighted by Gasteiger charge is 2.41. The van der Waals surface area contributed by atoms with Crippen molar-refractivity contribution in [3.63, 3.8) is 0 Å². The molecule has 1 saturated heterocycles. The maximum Gasteiger partial charge on any atom is 0.408 e. The lowest BCUT2D eigenvalue weighted by atomic mass is 9.81. The van der Waals surface area contributed by atoms with E-state index in [0.29, 0.717) is 18.5 Å². The summed E-state index contributed by atoms with van der Waals surface area (Å²) in [7, 11) is -5.00. The van der Waals surface area contributed by atoms with Gasteiger partial charge in [-0.25, -0.2) is 13.6 Å². The molecule has 5 atom stereocenters. The Kier molecular flexibility index (Phi) is 11.1. The second kappa shape index (κ2) is 13.9. The van der Waals surface area contributed by atoms with Gasteiger partial charge in [0.2, 0.25) is 23.2 Å². The lowest BCUT2D eigenvalue weighted by molar-refractivity contribution is -0.126. The molecule has 1 saturated carbocycles. The Hall–Kier alpha value is -2.84. The van der Waals surface area contributed by atoms with Gasteiger partial charge in [0.15, 0.2) is 0 Å². The topological polar surface area (TPSA) is 171 Å². The van der Waals surface area contributed by atoms with E-state index in [1.165, 1.54) is 0 Å². The van der Waals surface area contributed by atoms with E-state index in [0.717, 1.165) is 0 Å². The van der Waals surface area contributed by atoms with Crippen LogP contribution in [0.3, 0.4) is 0 Å². The summed E-state index contributed by atoms with van der Waals surface area (Å²) in [6.07, 6.45) is -2.02. The standard InChI is InChI=1S/C27H39F2N3O8S/c1-16(2)14-20(24(34)31-21(25(35)41(37,38)39)15-19-10-13-30-23(19)33)32-26(36)40-22(17-6-4-3-5-7-17)18-8-11-27(28,29)12-9-18/h3-7,16,18-22,25,35H,8-15H2,1-2H3,(H,30,33)(H,31,34)(H,32,36)(H,37,38,39)/t19?,20-,21-,22?,25?/m0/s1. The van der Waals surface area contributed by atoms with Crippen LogP contribution in [-0.2, 0) is 24.4 Å². The molecule has 11 nitrogen and oxygen atoms in total. The lowest BCUT2D eigenvalue weighted by Gasteiger charge is -2.34. The summed E-state index contributed by atoms with van der Waals surface area (Å²) in [4.78, 5) is 38.4. The highest BCUT2D eigenvalue weighted by Crippen LogP contribution is 2.42. The molecule has 3 amide bonds. The Labute approximate surface area is 238 Å². The molecule has 2 fully saturated rings. The fourth-order valence-corrected chi connectivity index (χ4v) is 5.95. The monoisotopic (exact) mass is 603 g/mol. The van der Waals surface area contributed by atoms with E-state index < -0.39 is 57.6 Å². The number of aliphatic hydroxyl groups excluding tert-OH is 1. The van der Waals surface area contributed by atoms with Crippen molar-refractivity contribution in [2.75, 3.05) is 6.54 Å². The number of halogens is 2. The van der Waals surface area contributed by atoms with Crippen LogP contribution in [-0.4, -0.2) is 66.0 Å². The van der Waals surface area contributed by atoms with Crippen LogP contribution >= 0.6 is 0 Å². The molecule has 1 aliphatic heterocycles. The molecule has 3 rings (SSSR count). The summed E-state index contributed by atoms with van der Waals surface area (Å²) in [5, 5.41) is 17.7. The molecular formula is C27H39F2N3O8S. The minimum Gasteiger partial charge on any atom is -0.441 e. The van der Waals surface area contributed by atoms with E-state index in [2.05, 4.69) is 16.0 Å². The number of hydrogen-bond acceptors (Lipinski definition) is 7. The van der Waals surface area contributed by atoms with Gasteiger partial charge in [-0.1, -0.05) is 44.2 Å². The number of nitrogens with one attached hydrogen (secondary N) is 3. The van der Waals surface area contributed by atoms with Gasteiger partial charge in [0.1, 0.15) is 12.1 Å². The molecule has 1 aliphatic carbocycles. The minimum absolute atomic E-state index is 0.102. The third kappa shape index (κ3) is 9.60. The van der Waals surface area contributed by atoms with Crippen LogP contribution in [0.15, 0.2) is 30.3 Å². The SMILES string of the molecule is CC(C)C[C@H](NC(=O)OC(c1ccccc1)C1CCC(F)(F)CC1)C(=O)N[C@@H](CC1CCNC1=O)C(O)S(=O)(=O)O.